The Balaban J connectivity index is 1.78. The normalized spacial score (nSPS) is 16.1. The van der Waals surface area contributed by atoms with E-state index in [1.54, 1.807) is 6.92 Å². The van der Waals surface area contributed by atoms with Crippen LogP contribution in [-0.4, -0.2) is 35.5 Å². The molecule has 0 aliphatic heterocycles. The van der Waals surface area contributed by atoms with E-state index in [0.717, 1.165) is 29.7 Å². The smallest absolute Gasteiger partial charge is 0.359 e. The second kappa shape index (κ2) is 10.4. The molecule has 172 valence electrons. The minimum absolute atomic E-state index is 0.0372. The third-order valence-corrected chi connectivity index (χ3v) is 7.40. The lowest BCUT2D eigenvalue weighted by atomic mass is 9.88. The molecule has 7 nitrogen and oxygen atoms in total. The number of anilines is 1. The summed E-state index contributed by atoms with van der Waals surface area (Å²) in [6.07, 6.45) is 2.49. The summed E-state index contributed by atoms with van der Waals surface area (Å²) in [6.45, 7) is 5.49. The molecule has 11 heteroatoms. The van der Waals surface area contributed by atoms with Crippen LogP contribution in [0.3, 0.4) is 0 Å². The fraction of sp³-hybridized carbons (Fsp3) is 0.429. The largest absolute Gasteiger partial charge is 0.462 e. The molecular weight excluding hydrogens is 499 g/mol. The van der Waals surface area contributed by atoms with Crippen molar-refractivity contribution in [2.75, 3.05) is 11.9 Å². The summed E-state index contributed by atoms with van der Waals surface area (Å²) in [5.41, 5.74) is 1.03. The van der Waals surface area contributed by atoms with Crippen LogP contribution in [0.1, 0.15) is 58.5 Å². The minimum atomic E-state index is -1.19. The van der Waals surface area contributed by atoms with E-state index in [9.17, 15) is 14.4 Å². The van der Waals surface area contributed by atoms with E-state index in [1.807, 2.05) is 0 Å². The van der Waals surface area contributed by atoms with Crippen LogP contribution >= 0.6 is 46.1 Å². The van der Waals surface area contributed by atoms with Crippen molar-refractivity contribution < 1.29 is 23.9 Å². The van der Waals surface area contributed by atoms with Crippen LogP contribution in [0, 0.1) is 5.92 Å². The molecule has 0 saturated carbocycles. The average molecular weight is 520 g/mol. The van der Waals surface area contributed by atoms with Crippen molar-refractivity contribution in [3.63, 3.8) is 0 Å². The summed E-state index contributed by atoms with van der Waals surface area (Å²) >= 11 is 19.1. The summed E-state index contributed by atoms with van der Waals surface area (Å²) in [6, 6.07) is 0. The van der Waals surface area contributed by atoms with Gasteiger partial charge in [0.05, 0.1) is 27.2 Å². The van der Waals surface area contributed by atoms with Crippen molar-refractivity contribution in [1.82, 2.24) is 4.98 Å². The number of halogens is 3. The van der Waals surface area contributed by atoms with Gasteiger partial charge >= 0.3 is 11.9 Å². The van der Waals surface area contributed by atoms with E-state index in [1.165, 1.54) is 24.5 Å². The molecule has 2 atom stereocenters. The van der Waals surface area contributed by atoms with E-state index in [0.29, 0.717) is 16.5 Å². The van der Waals surface area contributed by atoms with Crippen LogP contribution < -0.4 is 5.32 Å². The molecule has 0 radical (unpaired) electrons. The number of pyridine rings is 1. The molecule has 0 fully saturated rings. The monoisotopic (exact) mass is 518 g/mol. The highest BCUT2D eigenvalue weighted by Gasteiger charge is 2.31. The lowest BCUT2D eigenvalue weighted by Gasteiger charge is -2.18. The number of nitrogens with zero attached hydrogens (tertiary/aromatic N) is 1. The van der Waals surface area contributed by atoms with E-state index in [2.05, 4.69) is 17.2 Å². The van der Waals surface area contributed by atoms with Gasteiger partial charge in [0.15, 0.2) is 11.8 Å². The Hall–Kier alpha value is -1.87. The maximum atomic E-state index is 12.8. The van der Waals surface area contributed by atoms with Gasteiger partial charge in [0.2, 0.25) is 0 Å². The first-order valence-electron chi connectivity index (χ1n) is 9.96. The number of carbonyl (C=O) groups excluding carboxylic acids is 3. The van der Waals surface area contributed by atoms with Gasteiger partial charge in [0, 0.05) is 11.1 Å². The number of ether oxygens (including phenoxy) is 2. The Morgan fingerprint density at radius 3 is 2.66 bits per heavy atom. The van der Waals surface area contributed by atoms with Crippen molar-refractivity contribution in [3.05, 3.63) is 43.0 Å². The second-order valence-electron chi connectivity index (χ2n) is 7.40. The molecule has 1 aliphatic carbocycles. The van der Waals surface area contributed by atoms with Gasteiger partial charge in [-0.15, -0.1) is 11.3 Å². The van der Waals surface area contributed by atoms with Crippen LogP contribution in [0.25, 0.3) is 0 Å². The zero-order valence-electron chi connectivity index (χ0n) is 17.6. The molecule has 32 heavy (non-hydrogen) atoms. The SMILES string of the molecule is CCOC(=O)c1c(NC(=O)C(C)OC(=O)c2ncc(Cl)c(Cl)c2Cl)sc2c1CCC(C)C2. The molecule has 1 aliphatic rings. The molecule has 1 amide bonds. The van der Waals surface area contributed by atoms with Crippen LogP contribution in [0.15, 0.2) is 6.20 Å². The molecule has 2 heterocycles. The number of thiophene rings is 1. The molecule has 2 unspecified atom stereocenters. The topological polar surface area (TPSA) is 94.6 Å². The van der Waals surface area contributed by atoms with Gasteiger partial charge < -0.3 is 14.8 Å². The lowest BCUT2D eigenvalue weighted by Crippen LogP contribution is -2.30. The van der Waals surface area contributed by atoms with Gasteiger partial charge in [-0.3, -0.25) is 4.79 Å². The van der Waals surface area contributed by atoms with Gasteiger partial charge in [0.25, 0.3) is 5.91 Å². The summed E-state index contributed by atoms with van der Waals surface area (Å²) < 4.78 is 10.4. The molecule has 3 rings (SSSR count). The second-order valence-corrected chi connectivity index (χ2v) is 9.66. The molecule has 1 N–H and O–H groups in total. The molecule has 0 saturated heterocycles. The van der Waals surface area contributed by atoms with Crippen molar-refractivity contribution in [2.45, 2.75) is 46.1 Å². The van der Waals surface area contributed by atoms with E-state index in [-0.39, 0.29) is 27.4 Å². The van der Waals surface area contributed by atoms with Crippen LogP contribution in [-0.2, 0) is 27.1 Å². The third-order valence-electron chi connectivity index (χ3n) is 4.99. The average Bonchev–Trinajstić information content (AvgIpc) is 3.08. The van der Waals surface area contributed by atoms with Crippen molar-refractivity contribution in [2.24, 2.45) is 5.92 Å². The van der Waals surface area contributed by atoms with Crippen molar-refractivity contribution in [3.8, 4) is 0 Å². The number of aromatic nitrogens is 1. The quantitative estimate of drug-likeness (QED) is 0.500. The van der Waals surface area contributed by atoms with Crippen LogP contribution in [0.5, 0.6) is 0 Å². The number of rotatable bonds is 6. The van der Waals surface area contributed by atoms with Crippen LogP contribution in [0.4, 0.5) is 5.00 Å². The van der Waals surface area contributed by atoms with Gasteiger partial charge in [-0.25, -0.2) is 14.6 Å². The predicted molar refractivity (Wildman–Crippen MR) is 124 cm³/mol. The van der Waals surface area contributed by atoms with Crippen molar-refractivity contribution >= 4 is 69.0 Å². The highest BCUT2D eigenvalue weighted by atomic mass is 35.5. The first-order chi connectivity index (χ1) is 15.1. The van der Waals surface area contributed by atoms with Gasteiger partial charge in [0.1, 0.15) is 5.00 Å². The Labute approximate surface area is 204 Å². The zero-order chi connectivity index (χ0) is 23.6. The number of hydrogen-bond donors (Lipinski definition) is 1. The summed E-state index contributed by atoms with van der Waals surface area (Å²) in [5.74, 6) is -1.53. The minimum Gasteiger partial charge on any atom is -0.462 e. The fourth-order valence-corrected chi connectivity index (χ4v) is 5.29. The molecule has 2 aromatic heterocycles. The molecule has 2 aromatic rings. The number of fused-ring (bicyclic) bond motifs is 1. The van der Waals surface area contributed by atoms with Gasteiger partial charge in [-0.1, -0.05) is 41.7 Å². The number of nitrogens with one attached hydrogen (secondary N) is 1. The predicted octanol–water partition coefficient (Wildman–Crippen LogP) is 5.59. The first-order valence-corrected chi connectivity index (χ1v) is 11.9. The Morgan fingerprint density at radius 1 is 1.25 bits per heavy atom. The zero-order valence-corrected chi connectivity index (χ0v) is 20.7. The highest BCUT2D eigenvalue weighted by molar-refractivity contribution is 7.17. The number of hydrogen-bond acceptors (Lipinski definition) is 7. The maximum Gasteiger partial charge on any atom is 0.359 e. The van der Waals surface area contributed by atoms with Gasteiger partial charge in [-0.2, -0.15) is 0 Å². The number of carbonyl (C=O) groups is 3. The van der Waals surface area contributed by atoms with Crippen LogP contribution in [0.2, 0.25) is 15.1 Å². The highest BCUT2D eigenvalue weighted by Crippen LogP contribution is 2.40. The Morgan fingerprint density at radius 2 is 1.97 bits per heavy atom. The summed E-state index contributed by atoms with van der Waals surface area (Å²) in [5, 5.41) is 2.99. The molecular formula is C21H21Cl3N2O5S. The molecule has 0 spiro atoms. The number of amides is 1. The van der Waals surface area contributed by atoms with Crippen molar-refractivity contribution in [1.29, 1.82) is 0 Å². The Kier molecular flexibility index (Phi) is 8.03. The molecule has 0 aromatic carbocycles. The maximum absolute atomic E-state index is 12.8. The number of esters is 2. The fourth-order valence-electron chi connectivity index (χ4n) is 3.33. The first kappa shape index (κ1) is 24.8. The molecule has 0 bridgehead atoms. The van der Waals surface area contributed by atoms with E-state index in [4.69, 9.17) is 44.3 Å². The summed E-state index contributed by atoms with van der Waals surface area (Å²) in [4.78, 5) is 42.7. The van der Waals surface area contributed by atoms with E-state index >= 15 is 0 Å². The third kappa shape index (κ3) is 5.20. The Bertz CT molecular complexity index is 1070. The summed E-state index contributed by atoms with van der Waals surface area (Å²) in [7, 11) is 0. The lowest BCUT2D eigenvalue weighted by molar-refractivity contribution is -0.123. The van der Waals surface area contributed by atoms with Gasteiger partial charge in [-0.05, 0) is 44.6 Å². The standard InChI is InChI=1S/C21H21Cl3N2O5S/c1-4-30-20(28)14-11-6-5-9(2)7-13(11)32-19(14)26-18(27)10(3)31-21(29)17-16(24)15(23)12(22)8-25-17/h8-10H,4-7H2,1-3H3,(H,26,27). The van der Waals surface area contributed by atoms with E-state index < -0.39 is 23.9 Å².